The van der Waals surface area contributed by atoms with Gasteiger partial charge in [0.2, 0.25) is 0 Å². The molecule has 0 aromatic heterocycles. The van der Waals surface area contributed by atoms with Crippen LogP contribution in [0.5, 0.6) is 0 Å². The molecule has 1 heterocycles. The number of ether oxygens (including phenoxy) is 1. The highest BCUT2D eigenvalue weighted by atomic mass is 79.9. The number of anilines is 1. The number of carbonyl (C=O) groups excluding carboxylic acids is 1. The van der Waals surface area contributed by atoms with E-state index >= 15 is 0 Å². The Morgan fingerprint density at radius 1 is 1.42 bits per heavy atom. The zero-order valence-electron chi connectivity index (χ0n) is 11.1. The molecule has 1 aromatic rings. The van der Waals surface area contributed by atoms with E-state index in [0.29, 0.717) is 5.92 Å². The molecule has 1 aromatic carbocycles. The molecule has 0 saturated carbocycles. The molecule has 2 amide bonds. The van der Waals surface area contributed by atoms with Gasteiger partial charge in [-0.1, -0.05) is 12.1 Å². The fourth-order valence-corrected chi connectivity index (χ4v) is 2.56. The Labute approximate surface area is 122 Å². The van der Waals surface area contributed by atoms with Gasteiger partial charge >= 0.3 is 6.03 Å². The molecular formula is C14H19BrN2O2. The van der Waals surface area contributed by atoms with E-state index in [4.69, 9.17) is 4.74 Å². The van der Waals surface area contributed by atoms with E-state index in [9.17, 15) is 4.79 Å². The minimum absolute atomic E-state index is 0.0709. The van der Waals surface area contributed by atoms with Gasteiger partial charge in [0.15, 0.2) is 0 Å². The smallest absolute Gasteiger partial charge is 0.321 e. The molecule has 0 radical (unpaired) electrons. The van der Waals surface area contributed by atoms with E-state index < -0.39 is 0 Å². The number of carbonyl (C=O) groups is 1. The lowest BCUT2D eigenvalue weighted by molar-refractivity contribution is 0.0592. The SMILES string of the molecule is CN(CC1CCOCC1)C(=O)Nc1ccccc1Br. The molecular weight excluding hydrogens is 308 g/mol. The fourth-order valence-electron chi connectivity index (χ4n) is 2.17. The summed E-state index contributed by atoms with van der Waals surface area (Å²) in [6.07, 6.45) is 2.07. The van der Waals surface area contributed by atoms with Crippen LogP contribution in [0, 0.1) is 5.92 Å². The standard InChI is InChI=1S/C14H19BrN2O2/c1-17(10-11-6-8-19-9-7-11)14(18)16-13-5-3-2-4-12(13)15/h2-5,11H,6-10H2,1H3,(H,16,18). The summed E-state index contributed by atoms with van der Waals surface area (Å²) in [6, 6.07) is 7.54. The van der Waals surface area contributed by atoms with Crippen LogP contribution in [-0.4, -0.2) is 37.7 Å². The van der Waals surface area contributed by atoms with Crippen molar-refractivity contribution in [1.82, 2.24) is 4.90 Å². The van der Waals surface area contributed by atoms with Gasteiger partial charge in [0.05, 0.1) is 5.69 Å². The summed E-state index contributed by atoms with van der Waals surface area (Å²) in [6.45, 7) is 2.40. The maximum absolute atomic E-state index is 12.1. The second kappa shape index (κ2) is 6.91. The average molecular weight is 327 g/mol. The molecule has 1 fully saturated rings. The van der Waals surface area contributed by atoms with Gasteiger partial charge in [-0.2, -0.15) is 0 Å². The molecule has 0 aliphatic carbocycles. The van der Waals surface area contributed by atoms with Crippen LogP contribution in [-0.2, 0) is 4.74 Å². The molecule has 2 rings (SSSR count). The van der Waals surface area contributed by atoms with E-state index in [1.807, 2.05) is 31.3 Å². The molecule has 0 atom stereocenters. The highest BCUT2D eigenvalue weighted by molar-refractivity contribution is 9.10. The van der Waals surface area contributed by atoms with Gasteiger partial charge in [0.1, 0.15) is 0 Å². The number of nitrogens with one attached hydrogen (secondary N) is 1. The number of urea groups is 1. The molecule has 104 valence electrons. The van der Waals surface area contributed by atoms with E-state index in [1.54, 1.807) is 4.90 Å². The van der Waals surface area contributed by atoms with E-state index in [0.717, 1.165) is 42.8 Å². The first kappa shape index (κ1) is 14.3. The number of hydrogen-bond acceptors (Lipinski definition) is 2. The van der Waals surface area contributed by atoms with Gasteiger partial charge in [-0.05, 0) is 46.8 Å². The summed E-state index contributed by atoms with van der Waals surface area (Å²) < 4.78 is 6.22. The molecule has 0 spiro atoms. The van der Waals surface area contributed by atoms with Gasteiger partial charge in [0.25, 0.3) is 0 Å². The summed E-state index contributed by atoms with van der Waals surface area (Å²) in [4.78, 5) is 13.8. The number of amides is 2. The van der Waals surface area contributed by atoms with Crippen LogP contribution < -0.4 is 5.32 Å². The third-order valence-corrected chi connectivity index (χ3v) is 4.03. The quantitative estimate of drug-likeness (QED) is 0.925. The zero-order chi connectivity index (χ0) is 13.7. The summed E-state index contributed by atoms with van der Waals surface area (Å²) >= 11 is 3.42. The topological polar surface area (TPSA) is 41.6 Å². The molecule has 0 unspecified atom stereocenters. The Morgan fingerprint density at radius 2 is 2.11 bits per heavy atom. The summed E-state index contributed by atoms with van der Waals surface area (Å²) in [5.74, 6) is 0.545. The van der Waals surface area contributed by atoms with Crippen LogP contribution >= 0.6 is 15.9 Å². The monoisotopic (exact) mass is 326 g/mol. The minimum atomic E-state index is -0.0709. The predicted octanol–water partition coefficient (Wildman–Crippen LogP) is 3.34. The maximum Gasteiger partial charge on any atom is 0.321 e. The van der Waals surface area contributed by atoms with Gasteiger partial charge in [-0.15, -0.1) is 0 Å². The maximum atomic E-state index is 12.1. The first-order valence-corrected chi connectivity index (χ1v) is 7.30. The molecule has 4 nitrogen and oxygen atoms in total. The Kier molecular flexibility index (Phi) is 5.22. The van der Waals surface area contributed by atoms with Crippen molar-refractivity contribution in [1.29, 1.82) is 0 Å². The lowest BCUT2D eigenvalue weighted by Crippen LogP contribution is -2.37. The Hall–Kier alpha value is -1.07. The van der Waals surface area contributed by atoms with Crippen molar-refractivity contribution in [3.63, 3.8) is 0 Å². The first-order chi connectivity index (χ1) is 9.16. The van der Waals surface area contributed by atoms with Crippen molar-refractivity contribution >= 4 is 27.6 Å². The third-order valence-electron chi connectivity index (χ3n) is 3.34. The first-order valence-electron chi connectivity index (χ1n) is 6.51. The van der Waals surface area contributed by atoms with Crippen LogP contribution in [0.1, 0.15) is 12.8 Å². The largest absolute Gasteiger partial charge is 0.381 e. The molecule has 1 N–H and O–H groups in total. The van der Waals surface area contributed by atoms with Gasteiger partial charge in [-0.25, -0.2) is 4.79 Å². The van der Waals surface area contributed by atoms with Crippen molar-refractivity contribution in [2.45, 2.75) is 12.8 Å². The third kappa shape index (κ3) is 4.21. The Balaban J connectivity index is 1.87. The number of rotatable bonds is 3. The van der Waals surface area contributed by atoms with Crippen molar-refractivity contribution in [2.24, 2.45) is 5.92 Å². The molecule has 1 saturated heterocycles. The Morgan fingerprint density at radius 3 is 2.79 bits per heavy atom. The number of benzene rings is 1. The normalized spacial score (nSPS) is 16.1. The van der Waals surface area contributed by atoms with Crippen LogP contribution in [0.3, 0.4) is 0 Å². The van der Waals surface area contributed by atoms with Crippen LogP contribution in [0.15, 0.2) is 28.7 Å². The second-order valence-corrected chi connectivity index (χ2v) is 5.70. The molecule has 1 aliphatic rings. The van der Waals surface area contributed by atoms with E-state index in [1.165, 1.54) is 0 Å². The summed E-state index contributed by atoms with van der Waals surface area (Å²) in [5.41, 5.74) is 0.798. The minimum Gasteiger partial charge on any atom is -0.381 e. The molecule has 1 aliphatic heterocycles. The highest BCUT2D eigenvalue weighted by Gasteiger charge is 2.18. The van der Waals surface area contributed by atoms with E-state index in [2.05, 4.69) is 21.2 Å². The second-order valence-electron chi connectivity index (χ2n) is 4.85. The molecule has 19 heavy (non-hydrogen) atoms. The molecule has 5 heteroatoms. The lowest BCUT2D eigenvalue weighted by Gasteiger charge is -2.27. The summed E-state index contributed by atoms with van der Waals surface area (Å²) in [5, 5.41) is 2.91. The van der Waals surface area contributed by atoms with Crippen LogP contribution in [0.2, 0.25) is 0 Å². The van der Waals surface area contributed by atoms with Crippen molar-refractivity contribution in [3.05, 3.63) is 28.7 Å². The van der Waals surface area contributed by atoms with Gasteiger partial charge in [-0.3, -0.25) is 0 Å². The fraction of sp³-hybridized carbons (Fsp3) is 0.500. The van der Waals surface area contributed by atoms with Crippen LogP contribution in [0.25, 0.3) is 0 Å². The van der Waals surface area contributed by atoms with Crippen LogP contribution in [0.4, 0.5) is 10.5 Å². The van der Waals surface area contributed by atoms with Gasteiger partial charge in [0, 0.05) is 31.3 Å². The number of hydrogen-bond donors (Lipinski definition) is 1. The number of para-hydroxylation sites is 1. The highest BCUT2D eigenvalue weighted by Crippen LogP contribution is 2.22. The van der Waals surface area contributed by atoms with Crippen molar-refractivity contribution in [3.8, 4) is 0 Å². The van der Waals surface area contributed by atoms with Crippen molar-refractivity contribution < 1.29 is 9.53 Å². The van der Waals surface area contributed by atoms with Gasteiger partial charge < -0.3 is 15.0 Å². The predicted molar refractivity (Wildman–Crippen MR) is 79.3 cm³/mol. The lowest BCUT2D eigenvalue weighted by atomic mass is 10.00. The Bertz CT molecular complexity index is 433. The van der Waals surface area contributed by atoms with Crippen molar-refractivity contribution in [2.75, 3.05) is 32.1 Å². The molecule has 0 bridgehead atoms. The average Bonchev–Trinajstić information content (AvgIpc) is 2.42. The summed E-state index contributed by atoms with van der Waals surface area (Å²) in [7, 11) is 1.83. The number of nitrogens with zero attached hydrogens (tertiary/aromatic N) is 1. The van der Waals surface area contributed by atoms with E-state index in [-0.39, 0.29) is 6.03 Å². The zero-order valence-corrected chi connectivity index (χ0v) is 12.6. The number of halogens is 1.